The Morgan fingerprint density at radius 3 is 2.57 bits per heavy atom. The number of likely N-dealkylation sites (N-methyl/N-ethyl adjacent to an activating group) is 1. The van der Waals surface area contributed by atoms with E-state index in [9.17, 15) is 14.4 Å². The number of hydrogen-bond acceptors (Lipinski definition) is 4. The molecule has 0 aliphatic carbocycles. The average Bonchev–Trinajstić information content (AvgIpc) is 3.52. The monoisotopic (exact) mass is 498 g/mol. The number of rotatable bonds is 7. The van der Waals surface area contributed by atoms with E-state index in [1.165, 1.54) is 0 Å². The van der Waals surface area contributed by atoms with Crippen molar-refractivity contribution in [3.8, 4) is 0 Å². The van der Waals surface area contributed by atoms with Crippen molar-refractivity contribution in [2.24, 2.45) is 0 Å². The molecule has 0 saturated carbocycles. The number of nitrogens with zero attached hydrogens (tertiary/aromatic N) is 2. The Morgan fingerprint density at radius 1 is 1.11 bits per heavy atom. The van der Waals surface area contributed by atoms with Gasteiger partial charge >= 0.3 is 6.03 Å². The summed E-state index contributed by atoms with van der Waals surface area (Å²) in [7, 11) is 0. The van der Waals surface area contributed by atoms with Gasteiger partial charge in [-0.1, -0.05) is 54.1 Å². The van der Waals surface area contributed by atoms with Crippen LogP contribution in [0, 0.1) is 13.8 Å². The first-order chi connectivity index (χ1) is 17.9. The van der Waals surface area contributed by atoms with Crippen LogP contribution in [-0.2, 0) is 16.1 Å². The fourth-order valence-electron chi connectivity index (χ4n) is 5.23. The van der Waals surface area contributed by atoms with E-state index in [0.29, 0.717) is 29.1 Å². The molecule has 0 radical (unpaired) electrons. The Balaban J connectivity index is 1.53. The highest BCUT2D eigenvalue weighted by Gasteiger charge is 2.47. The quantitative estimate of drug-likeness (QED) is 0.512. The summed E-state index contributed by atoms with van der Waals surface area (Å²) in [5, 5.41) is 5.95. The number of carbonyl (C=O) groups excluding carboxylic acids is 3. The lowest BCUT2D eigenvalue weighted by Crippen LogP contribution is -2.47. The van der Waals surface area contributed by atoms with Gasteiger partial charge in [-0.15, -0.1) is 0 Å². The van der Waals surface area contributed by atoms with E-state index in [0.717, 1.165) is 16.7 Å². The van der Waals surface area contributed by atoms with E-state index in [4.69, 9.17) is 4.42 Å². The number of carbonyl (C=O) groups is 3. The van der Waals surface area contributed by atoms with Gasteiger partial charge in [-0.05, 0) is 49.6 Å². The van der Waals surface area contributed by atoms with Crippen molar-refractivity contribution in [1.82, 2.24) is 20.4 Å². The van der Waals surface area contributed by atoms with Crippen LogP contribution in [0.2, 0.25) is 0 Å². The molecular formula is C29H30N4O4. The smallest absolute Gasteiger partial charge is 0.322 e. The standard InChI is InChI=1S/C29H30N4O4/c1-4-32-23-17-33(26(20-9-6-5-7-10-20)27(34)30-16-21-11-8-14-37-21)28(35)24(23)25(31-29(32)36)22-13-12-18(2)15-19(22)3/h5-15,25-26H,4,16-17H2,1-3H3,(H,30,34)(H,31,36)/t25-,26+/m0/s1. The van der Waals surface area contributed by atoms with Gasteiger partial charge in [0.25, 0.3) is 5.91 Å². The molecule has 0 spiro atoms. The second-order valence-corrected chi connectivity index (χ2v) is 9.39. The minimum atomic E-state index is -0.872. The number of hydrogen-bond donors (Lipinski definition) is 2. The van der Waals surface area contributed by atoms with E-state index >= 15 is 0 Å². The molecular weight excluding hydrogens is 468 g/mol. The molecule has 2 aliphatic heterocycles. The molecule has 2 N–H and O–H groups in total. The predicted octanol–water partition coefficient (Wildman–Crippen LogP) is 4.14. The van der Waals surface area contributed by atoms with Crippen LogP contribution in [0.1, 0.15) is 47.0 Å². The maximum Gasteiger partial charge on any atom is 0.322 e. The number of aryl methyl sites for hydroxylation is 2. The predicted molar refractivity (Wildman–Crippen MR) is 138 cm³/mol. The van der Waals surface area contributed by atoms with Crippen molar-refractivity contribution >= 4 is 17.8 Å². The van der Waals surface area contributed by atoms with Gasteiger partial charge in [0.15, 0.2) is 0 Å². The van der Waals surface area contributed by atoms with Crippen LogP contribution >= 0.6 is 0 Å². The van der Waals surface area contributed by atoms with Gasteiger partial charge in [0, 0.05) is 6.54 Å². The van der Waals surface area contributed by atoms with E-state index in [1.54, 1.807) is 28.2 Å². The summed E-state index contributed by atoms with van der Waals surface area (Å²) in [6.45, 7) is 6.63. The fourth-order valence-corrected chi connectivity index (χ4v) is 5.23. The minimum Gasteiger partial charge on any atom is -0.467 e. The summed E-state index contributed by atoms with van der Waals surface area (Å²) in [5.41, 5.74) is 4.80. The van der Waals surface area contributed by atoms with Gasteiger partial charge in [-0.3, -0.25) is 14.5 Å². The SMILES string of the molecule is CCN1C(=O)N[C@@H](c2ccc(C)cc2C)C2=C1CN([C@@H](C(=O)NCc1ccco1)c1ccccc1)C2=O. The number of benzene rings is 2. The van der Waals surface area contributed by atoms with Crippen LogP contribution in [0.4, 0.5) is 4.79 Å². The zero-order valence-corrected chi connectivity index (χ0v) is 21.2. The first kappa shape index (κ1) is 24.4. The van der Waals surface area contributed by atoms with E-state index in [1.807, 2.05) is 69.3 Å². The molecule has 0 saturated heterocycles. The van der Waals surface area contributed by atoms with Crippen LogP contribution in [0.5, 0.6) is 0 Å². The molecule has 4 amide bonds. The van der Waals surface area contributed by atoms with Gasteiger partial charge in [0.1, 0.15) is 11.8 Å². The topological polar surface area (TPSA) is 94.9 Å². The number of furan rings is 1. The molecule has 3 aromatic rings. The number of urea groups is 1. The largest absolute Gasteiger partial charge is 0.467 e. The highest BCUT2D eigenvalue weighted by molar-refractivity contribution is 6.04. The third kappa shape index (κ3) is 4.50. The second kappa shape index (κ2) is 9.97. The fraction of sp³-hybridized carbons (Fsp3) is 0.276. The molecule has 1 aromatic heterocycles. The molecule has 0 bridgehead atoms. The van der Waals surface area contributed by atoms with Gasteiger partial charge in [-0.2, -0.15) is 0 Å². The summed E-state index contributed by atoms with van der Waals surface area (Å²) >= 11 is 0. The molecule has 8 heteroatoms. The van der Waals surface area contributed by atoms with E-state index < -0.39 is 12.1 Å². The Morgan fingerprint density at radius 2 is 1.89 bits per heavy atom. The summed E-state index contributed by atoms with van der Waals surface area (Å²) in [6.07, 6.45) is 1.55. The van der Waals surface area contributed by atoms with Crippen LogP contribution in [0.15, 0.2) is 82.6 Å². The van der Waals surface area contributed by atoms with Crippen LogP contribution in [0.25, 0.3) is 0 Å². The summed E-state index contributed by atoms with van der Waals surface area (Å²) < 4.78 is 5.36. The van der Waals surface area contributed by atoms with Crippen LogP contribution < -0.4 is 10.6 Å². The molecule has 5 rings (SSSR count). The zero-order chi connectivity index (χ0) is 26.1. The first-order valence-electron chi connectivity index (χ1n) is 12.4. The van der Waals surface area contributed by atoms with Crippen LogP contribution in [-0.4, -0.2) is 40.7 Å². The van der Waals surface area contributed by atoms with Gasteiger partial charge in [0.05, 0.1) is 36.7 Å². The molecule has 2 aliphatic rings. The highest BCUT2D eigenvalue weighted by Crippen LogP contribution is 2.40. The molecule has 0 fully saturated rings. The van der Waals surface area contributed by atoms with Crippen molar-refractivity contribution in [2.75, 3.05) is 13.1 Å². The first-order valence-corrected chi connectivity index (χ1v) is 12.4. The van der Waals surface area contributed by atoms with E-state index in [-0.39, 0.29) is 30.9 Å². The maximum absolute atomic E-state index is 14.1. The summed E-state index contributed by atoms with van der Waals surface area (Å²) in [6, 6.07) is 17.0. The molecule has 37 heavy (non-hydrogen) atoms. The van der Waals surface area contributed by atoms with Crippen molar-refractivity contribution in [1.29, 1.82) is 0 Å². The lowest BCUT2D eigenvalue weighted by Gasteiger charge is -2.33. The average molecular weight is 499 g/mol. The molecule has 0 unspecified atom stereocenters. The van der Waals surface area contributed by atoms with Gasteiger partial charge < -0.3 is 20.0 Å². The Kier molecular flexibility index (Phi) is 6.56. The van der Waals surface area contributed by atoms with E-state index in [2.05, 4.69) is 10.6 Å². The Bertz CT molecular complexity index is 1360. The highest BCUT2D eigenvalue weighted by atomic mass is 16.3. The molecule has 190 valence electrons. The molecule has 8 nitrogen and oxygen atoms in total. The van der Waals surface area contributed by atoms with Crippen molar-refractivity contribution in [3.05, 3.63) is 106 Å². The lowest BCUT2D eigenvalue weighted by molar-refractivity contribution is -0.136. The second-order valence-electron chi connectivity index (χ2n) is 9.39. The minimum absolute atomic E-state index is 0.157. The lowest BCUT2D eigenvalue weighted by atomic mass is 9.91. The number of amides is 4. The third-order valence-electron chi connectivity index (χ3n) is 6.99. The molecule has 2 aromatic carbocycles. The van der Waals surface area contributed by atoms with Crippen LogP contribution in [0.3, 0.4) is 0 Å². The number of nitrogens with one attached hydrogen (secondary N) is 2. The Hall–Kier alpha value is -4.33. The Labute approximate surface area is 215 Å². The third-order valence-corrected chi connectivity index (χ3v) is 6.99. The summed E-state index contributed by atoms with van der Waals surface area (Å²) in [5.74, 6) is 0.0359. The van der Waals surface area contributed by atoms with Crippen molar-refractivity contribution in [3.63, 3.8) is 0 Å². The molecule has 2 atom stereocenters. The van der Waals surface area contributed by atoms with Gasteiger partial charge in [0.2, 0.25) is 5.91 Å². The van der Waals surface area contributed by atoms with Crippen molar-refractivity contribution < 1.29 is 18.8 Å². The maximum atomic E-state index is 14.1. The van der Waals surface area contributed by atoms with Crippen molar-refractivity contribution in [2.45, 2.75) is 39.4 Å². The summed E-state index contributed by atoms with van der Waals surface area (Å²) in [4.78, 5) is 44.0. The molecule has 3 heterocycles. The van der Waals surface area contributed by atoms with Gasteiger partial charge in [-0.25, -0.2) is 4.79 Å². The zero-order valence-electron chi connectivity index (χ0n) is 21.2. The normalized spacial score (nSPS) is 18.1.